The zero-order chi connectivity index (χ0) is 33.6. The van der Waals surface area contributed by atoms with Gasteiger partial charge in [0.2, 0.25) is 10.0 Å². The Hall–Kier alpha value is -4.41. The van der Waals surface area contributed by atoms with Crippen LogP contribution in [0, 0.1) is 5.82 Å². The second-order valence-electron chi connectivity index (χ2n) is 11.0. The summed E-state index contributed by atoms with van der Waals surface area (Å²) in [5.74, 6) is -0.131. The number of amidine groups is 1. The quantitative estimate of drug-likeness (QED) is 0.193. The van der Waals surface area contributed by atoms with Gasteiger partial charge in [0.25, 0.3) is 0 Å². The van der Waals surface area contributed by atoms with Gasteiger partial charge < -0.3 is 10.0 Å². The van der Waals surface area contributed by atoms with Crippen LogP contribution >= 0.6 is 22.9 Å². The molecule has 2 aliphatic heterocycles. The number of sulfonamides is 1. The lowest BCUT2D eigenvalue weighted by Crippen LogP contribution is -2.39. The molecular weight excluding hydrogens is 687 g/mol. The SMILES string of the molecule is O=S(=O)(N[C@H]1CC2=C(c3ccn(C(F)F)n3)[C@H](c3ccc(F)cc3Cl)N=C(c3nccs3)N2C1)c1ccc(C(O)c2ccccn2)cc1. The summed E-state index contributed by atoms with van der Waals surface area (Å²) >= 11 is 7.84. The van der Waals surface area contributed by atoms with Gasteiger partial charge in [-0.15, -0.1) is 11.3 Å². The van der Waals surface area contributed by atoms with Gasteiger partial charge >= 0.3 is 6.55 Å². The maximum Gasteiger partial charge on any atom is 0.333 e. The Kier molecular flexibility index (Phi) is 8.64. The third-order valence-corrected chi connectivity index (χ3v) is 10.7. The molecule has 2 aliphatic rings. The second-order valence-corrected chi connectivity index (χ2v) is 14.1. The highest BCUT2D eigenvalue weighted by Crippen LogP contribution is 2.46. The number of aliphatic hydroxyl groups is 1. The highest BCUT2D eigenvalue weighted by atomic mass is 35.5. The van der Waals surface area contributed by atoms with E-state index in [-0.39, 0.29) is 28.6 Å². The lowest BCUT2D eigenvalue weighted by atomic mass is 9.92. The van der Waals surface area contributed by atoms with E-state index in [2.05, 4.69) is 19.8 Å². The van der Waals surface area contributed by atoms with Crippen molar-refractivity contribution >= 4 is 44.4 Å². The van der Waals surface area contributed by atoms with E-state index in [1.165, 1.54) is 53.8 Å². The minimum Gasteiger partial charge on any atom is -0.382 e. The average molecular weight is 712 g/mol. The Morgan fingerprint density at radius 1 is 1.04 bits per heavy atom. The first-order valence-electron chi connectivity index (χ1n) is 14.6. The molecule has 1 saturated heterocycles. The van der Waals surface area contributed by atoms with E-state index in [1.54, 1.807) is 36.0 Å². The van der Waals surface area contributed by atoms with Crippen LogP contribution in [0.5, 0.6) is 0 Å². The van der Waals surface area contributed by atoms with Gasteiger partial charge in [-0.3, -0.25) is 9.98 Å². The zero-order valence-electron chi connectivity index (χ0n) is 24.7. The fourth-order valence-corrected chi connectivity index (χ4v) is 8.00. The van der Waals surface area contributed by atoms with Gasteiger partial charge in [0.15, 0.2) is 10.8 Å². The normalized spacial score (nSPS) is 18.7. The summed E-state index contributed by atoms with van der Waals surface area (Å²) in [4.78, 5) is 15.3. The molecule has 10 nitrogen and oxygen atoms in total. The van der Waals surface area contributed by atoms with Crippen LogP contribution in [0.2, 0.25) is 5.02 Å². The van der Waals surface area contributed by atoms with E-state index in [1.807, 2.05) is 4.90 Å². The second kappa shape index (κ2) is 12.9. The molecule has 1 unspecified atom stereocenters. The standard InChI is InChI=1S/C32H25ClF3N7O3S2/c33-23-15-19(34)6-9-22(23)28-27(24-10-13-43(40-24)32(35)36)26-16-20(17-42(26)30(39-28)31-38-12-14-47-31)41-48(45,46)21-7-4-18(5-8-21)29(44)25-3-1-2-11-37-25/h1-15,20,28-29,32,41,44H,16-17H2/t20-,28-,29?/m0/s1. The Morgan fingerprint density at radius 2 is 1.85 bits per heavy atom. The van der Waals surface area contributed by atoms with Crippen molar-refractivity contribution in [2.75, 3.05) is 6.54 Å². The van der Waals surface area contributed by atoms with Crippen LogP contribution in [-0.4, -0.2) is 56.6 Å². The lowest BCUT2D eigenvalue weighted by Gasteiger charge is -2.32. The summed E-state index contributed by atoms with van der Waals surface area (Å²) in [5.41, 5.74) is 2.51. The van der Waals surface area contributed by atoms with Gasteiger partial charge in [-0.2, -0.15) is 13.9 Å². The molecule has 0 aliphatic carbocycles. The maximum absolute atomic E-state index is 14.1. The number of thiazole rings is 1. The predicted molar refractivity (Wildman–Crippen MR) is 173 cm³/mol. The number of fused-ring (bicyclic) bond motifs is 1. The van der Waals surface area contributed by atoms with Crippen LogP contribution in [0.1, 0.15) is 52.6 Å². The van der Waals surface area contributed by atoms with E-state index in [0.717, 1.165) is 12.3 Å². The van der Waals surface area contributed by atoms with Gasteiger partial charge in [-0.1, -0.05) is 35.9 Å². The molecule has 3 atom stereocenters. The van der Waals surface area contributed by atoms with Crippen molar-refractivity contribution in [3.63, 3.8) is 0 Å². The van der Waals surface area contributed by atoms with Crippen molar-refractivity contribution in [1.29, 1.82) is 0 Å². The number of alkyl halides is 2. The number of hydrogen-bond acceptors (Lipinski definition) is 9. The van der Waals surface area contributed by atoms with Crippen molar-refractivity contribution in [3.05, 3.63) is 135 Å². The van der Waals surface area contributed by atoms with E-state index < -0.39 is 40.6 Å². The number of pyridine rings is 1. The molecule has 16 heteroatoms. The molecule has 3 aromatic heterocycles. The molecular formula is C32H25ClF3N7O3S2. The van der Waals surface area contributed by atoms with E-state index in [4.69, 9.17) is 16.6 Å². The summed E-state index contributed by atoms with van der Waals surface area (Å²) in [6.45, 7) is -2.75. The summed E-state index contributed by atoms with van der Waals surface area (Å²) < 4.78 is 71.9. The van der Waals surface area contributed by atoms with E-state index in [0.29, 0.717) is 43.6 Å². The molecule has 1 fully saturated rings. The van der Waals surface area contributed by atoms with E-state index in [9.17, 15) is 26.7 Å². The molecule has 7 rings (SSSR count). The van der Waals surface area contributed by atoms with Crippen LogP contribution in [0.3, 0.4) is 0 Å². The first-order valence-corrected chi connectivity index (χ1v) is 17.3. The van der Waals surface area contributed by atoms with Crippen molar-refractivity contribution in [3.8, 4) is 0 Å². The molecule has 0 amide bonds. The van der Waals surface area contributed by atoms with Crippen molar-refractivity contribution in [2.45, 2.75) is 36.1 Å². The monoisotopic (exact) mass is 711 g/mol. The fraction of sp³-hybridized carbons (Fsp3) is 0.188. The molecule has 0 bridgehead atoms. The number of nitrogens with zero attached hydrogens (tertiary/aromatic N) is 6. The summed E-state index contributed by atoms with van der Waals surface area (Å²) in [6, 6.07) is 14.7. The van der Waals surface area contributed by atoms with Gasteiger partial charge in [0, 0.05) is 64.8 Å². The van der Waals surface area contributed by atoms with Crippen molar-refractivity contribution < 1.29 is 26.7 Å². The summed E-state index contributed by atoms with van der Waals surface area (Å²) in [5, 5.41) is 17.2. The van der Waals surface area contributed by atoms with E-state index >= 15 is 0 Å². The summed E-state index contributed by atoms with van der Waals surface area (Å²) in [6.07, 6.45) is 3.42. The number of benzene rings is 2. The smallest absolute Gasteiger partial charge is 0.333 e. The lowest BCUT2D eigenvalue weighted by molar-refractivity contribution is 0.0564. The molecule has 5 aromatic rings. The average Bonchev–Trinajstić information content (AvgIpc) is 3.86. The number of aliphatic hydroxyl groups excluding tert-OH is 1. The summed E-state index contributed by atoms with van der Waals surface area (Å²) in [7, 11) is -4.06. The Morgan fingerprint density at radius 3 is 2.52 bits per heavy atom. The molecule has 0 radical (unpaired) electrons. The molecule has 2 aromatic carbocycles. The molecule has 0 saturated carbocycles. The van der Waals surface area contributed by atoms with Crippen LogP contribution in [0.25, 0.3) is 5.57 Å². The predicted octanol–water partition coefficient (Wildman–Crippen LogP) is 5.97. The number of aromatic nitrogens is 4. The first kappa shape index (κ1) is 32.2. The number of hydrogen-bond donors (Lipinski definition) is 2. The minimum absolute atomic E-state index is 0.0148. The molecule has 246 valence electrons. The number of aliphatic imine (C=N–C) groups is 1. The fourth-order valence-electron chi connectivity index (χ4n) is 5.86. The van der Waals surface area contributed by atoms with Gasteiger partial charge in [0.05, 0.1) is 16.3 Å². The number of nitrogens with one attached hydrogen (secondary N) is 1. The van der Waals surface area contributed by atoms with Crippen LogP contribution in [0.4, 0.5) is 13.2 Å². The first-order chi connectivity index (χ1) is 23.1. The molecule has 5 heterocycles. The van der Waals surface area contributed by atoms with Crippen molar-refractivity contribution in [1.82, 2.24) is 29.4 Å². The topological polar surface area (TPSA) is 126 Å². The van der Waals surface area contributed by atoms with Crippen LogP contribution < -0.4 is 4.72 Å². The van der Waals surface area contributed by atoms with Gasteiger partial charge in [0.1, 0.15) is 18.0 Å². The minimum atomic E-state index is -4.06. The third kappa shape index (κ3) is 6.15. The maximum atomic E-state index is 14.1. The number of rotatable bonds is 9. The molecule has 2 N–H and O–H groups in total. The largest absolute Gasteiger partial charge is 0.382 e. The molecule has 48 heavy (non-hydrogen) atoms. The Balaban J connectivity index is 1.26. The number of halogens is 4. The van der Waals surface area contributed by atoms with Crippen LogP contribution in [-0.2, 0) is 10.0 Å². The molecule has 0 spiro atoms. The Bertz CT molecular complexity index is 2130. The third-order valence-electron chi connectivity index (χ3n) is 8.02. The zero-order valence-corrected chi connectivity index (χ0v) is 27.0. The van der Waals surface area contributed by atoms with Gasteiger partial charge in [-0.05, 0) is 48.0 Å². The van der Waals surface area contributed by atoms with Crippen LogP contribution in [0.15, 0.2) is 106 Å². The van der Waals surface area contributed by atoms with Crippen molar-refractivity contribution in [2.24, 2.45) is 4.99 Å². The van der Waals surface area contributed by atoms with Gasteiger partial charge in [-0.25, -0.2) is 27.2 Å². The highest BCUT2D eigenvalue weighted by Gasteiger charge is 2.42. The highest BCUT2D eigenvalue weighted by molar-refractivity contribution is 7.89. The Labute approximate surface area is 281 Å².